The van der Waals surface area contributed by atoms with Crippen molar-refractivity contribution in [3.05, 3.63) is 115 Å². The molecular weight excluding hydrogens is 465 g/mol. The van der Waals surface area contributed by atoms with Gasteiger partial charge < -0.3 is 4.74 Å². The zero-order valence-electron chi connectivity index (χ0n) is 18.8. The SMILES string of the molecule is COc1ccc(-c2ccc(-c3ccc(-c4ccc(-c5ccc(C(F)(F)F)cc5)s4)cc3)cc2)cc1. The highest BCUT2D eigenvalue weighted by Crippen LogP contribution is 2.37. The lowest BCUT2D eigenvalue weighted by molar-refractivity contribution is -0.137. The molecule has 35 heavy (non-hydrogen) atoms. The van der Waals surface area contributed by atoms with Crippen molar-refractivity contribution in [3.63, 3.8) is 0 Å². The third-order valence-electron chi connectivity index (χ3n) is 5.91. The maximum atomic E-state index is 12.8. The molecule has 0 bridgehead atoms. The van der Waals surface area contributed by atoms with E-state index in [2.05, 4.69) is 48.5 Å². The summed E-state index contributed by atoms with van der Waals surface area (Å²) in [6, 6.07) is 34.1. The average molecular weight is 487 g/mol. The molecule has 5 aromatic rings. The van der Waals surface area contributed by atoms with E-state index in [0.717, 1.165) is 61.0 Å². The Bertz CT molecular complexity index is 1410. The smallest absolute Gasteiger partial charge is 0.416 e. The summed E-state index contributed by atoms with van der Waals surface area (Å²) in [5.41, 5.74) is 5.75. The zero-order valence-corrected chi connectivity index (χ0v) is 19.7. The van der Waals surface area contributed by atoms with Crippen LogP contribution in [0.15, 0.2) is 109 Å². The second kappa shape index (κ2) is 9.43. The molecule has 0 unspecified atom stereocenters. The predicted octanol–water partition coefficient (Wildman–Crippen LogP) is 9.44. The Hall–Kier alpha value is -3.83. The Morgan fingerprint density at radius 3 is 1.20 bits per heavy atom. The number of hydrogen-bond acceptors (Lipinski definition) is 2. The molecule has 0 fully saturated rings. The molecule has 0 atom stereocenters. The highest BCUT2D eigenvalue weighted by molar-refractivity contribution is 7.18. The highest BCUT2D eigenvalue weighted by Gasteiger charge is 2.30. The largest absolute Gasteiger partial charge is 0.497 e. The number of thiophene rings is 1. The lowest BCUT2D eigenvalue weighted by Gasteiger charge is -2.07. The first-order chi connectivity index (χ1) is 16.9. The van der Waals surface area contributed by atoms with Crippen molar-refractivity contribution in [2.45, 2.75) is 6.18 Å². The van der Waals surface area contributed by atoms with E-state index in [4.69, 9.17) is 4.74 Å². The van der Waals surface area contributed by atoms with E-state index in [0.29, 0.717) is 0 Å². The van der Waals surface area contributed by atoms with Crippen LogP contribution in [0.4, 0.5) is 13.2 Å². The summed E-state index contributed by atoms with van der Waals surface area (Å²) < 4.78 is 43.7. The quantitative estimate of drug-likeness (QED) is 0.240. The molecule has 0 aliphatic carbocycles. The van der Waals surface area contributed by atoms with Gasteiger partial charge in [-0.3, -0.25) is 0 Å². The van der Waals surface area contributed by atoms with Crippen LogP contribution < -0.4 is 4.74 Å². The van der Waals surface area contributed by atoms with Crippen LogP contribution in [0.1, 0.15) is 5.56 Å². The molecule has 0 saturated heterocycles. The normalized spacial score (nSPS) is 11.4. The van der Waals surface area contributed by atoms with Gasteiger partial charge >= 0.3 is 6.18 Å². The molecule has 0 aliphatic rings. The lowest BCUT2D eigenvalue weighted by Crippen LogP contribution is -2.03. The van der Waals surface area contributed by atoms with Crippen molar-refractivity contribution in [2.75, 3.05) is 7.11 Å². The van der Waals surface area contributed by atoms with Crippen molar-refractivity contribution in [2.24, 2.45) is 0 Å². The van der Waals surface area contributed by atoms with E-state index >= 15 is 0 Å². The summed E-state index contributed by atoms with van der Waals surface area (Å²) in [5, 5.41) is 0. The number of rotatable bonds is 5. The maximum Gasteiger partial charge on any atom is 0.416 e. The molecule has 0 N–H and O–H groups in total. The summed E-state index contributed by atoms with van der Waals surface area (Å²) >= 11 is 1.57. The van der Waals surface area contributed by atoms with Crippen LogP contribution in [0.25, 0.3) is 43.1 Å². The van der Waals surface area contributed by atoms with Gasteiger partial charge in [0.15, 0.2) is 0 Å². The van der Waals surface area contributed by atoms with Crippen molar-refractivity contribution < 1.29 is 17.9 Å². The first-order valence-corrected chi connectivity index (χ1v) is 11.9. The van der Waals surface area contributed by atoms with Gasteiger partial charge in [-0.15, -0.1) is 11.3 Å². The van der Waals surface area contributed by atoms with Crippen LogP contribution in [0, 0.1) is 0 Å². The number of hydrogen-bond donors (Lipinski definition) is 0. The number of alkyl halides is 3. The average Bonchev–Trinajstić information content (AvgIpc) is 3.39. The minimum Gasteiger partial charge on any atom is -0.497 e. The van der Waals surface area contributed by atoms with E-state index in [1.165, 1.54) is 12.1 Å². The monoisotopic (exact) mass is 486 g/mol. The van der Waals surface area contributed by atoms with Gasteiger partial charge in [0, 0.05) is 9.75 Å². The fourth-order valence-electron chi connectivity index (χ4n) is 3.94. The van der Waals surface area contributed by atoms with Crippen LogP contribution >= 0.6 is 11.3 Å². The zero-order chi connectivity index (χ0) is 24.4. The molecular formula is C30H21F3OS. The van der Waals surface area contributed by atoms with Crippen LogP contribution in [-0.2, 0) is 6.18 Å². The molecule has 1 aromatic heterocycles. The summed E-state index contributed by atoms with van der Waals surface area (Å²) in [4.78, 5) is 2.01. The Balaban J connectivity index is 1.31. The van der Waals surface area contributed by atoms with Crippen molar-refractivity contribution in [1.82, 2.24) is 0 Å². The van der Waals surface area contributed by atoms with E-state index in [1.54, 1.807) is 18.4 Å². The van der Waals surface area contributed by atoms with Gasteiger partial charge in [0.1, 0.15) is 5.75 Å². The molecule has 5 heteroatoms. The van der Waals surface area contributed by atoms with Crippen molar-refractivity contribution in [3.8, 4) is 48.9 Å². The van der Waals surface area contributed by atoms with Gasteiger partial charge in [0.05, 0.1) is 12.7 Å². The lowest BCUT2D eigenvalue weighted by atomic mass is 9.99. The Kier molecular flexibility index (Phi) is 6.18. The third-order valence-corrected chi connectivity index (χ3v) is 7.10. The standard InChI is InChI=1S/C30H21F3OS/c1-34-27-16-12-23(13-17-27)21-4-2-20(3-5-21)22-6-8-24(9-7-22)28-18-19-29(35-28)25-10-14-26(15-11-25)30(31,32)33/h2-19H,1H3. The van der Waals surface area contributed by atoms with Crippen LogP contribution in [0.5, 0.6) is 5.75 Å². The molecule has 5 rings (SSSR count). The topological polar surface area (TPSA) is 9.23 Å². The first-order valence-electron chi connectivity index (χ1n) is 11.0. The minimum atomic E-state index is -4.32. The fourth-order valence-corrected chi connectivity index (χ4v) is 4.95. The van der Waals surface area contributed by atoms with Crippen LogP contribution in [0.2, 0.25) is 0 Å². The van der Waals surface area contributed by atoms with Gasteiger partial charge in [0.25, 0.3) is 0 Å². The minimum absolute atomic E-state index is 0.634. The van der Waals surface area contributed by atoms with Crippen molar-refractivity contribution in [1.29, 1.82) is 0 Å². The molecule has 0 radical (unpaired) electrons. The molecule has 1 heterocycles. The molecule has 0 aliphatic heterocycles. The number of ether oxygens (including phenoxy) is 1. The summed E-state index contributed by atoms with van der Waals surface area (Å²) in [5.74, 6) is 0.836. The molecule has 0 saturated carbocycles. The van der Waals surface area contributed by atoms with E-state index < -0.39 is 11.7 Å². The second-order valence-electron chi connectivity index (χ2n) is 8.12. The summed E-state index contributed by atoms with van der Waals surface area (Å²) in [6.07, 6.45) is -4.32. The molecule has 174 valence electrons. The Morgan fingerprint density at radius 1 is 0.486 bits per heavy atom. The van der Waals surface area contributed by atoms with Crippen LogP contribution in [-0.4, -0.2) is 7.11 Å². The van der Waals surface area contributed by atoms with E-state index in [9.17, 15) is 13.2 Å². The summed E-state index contributed by atoms with van der Waals surface area (Å²) in [7, 11) is 1.66. The number of methoxy groups -OCH3 is 1. The molecule has 1 nitrogen and oxygen atoms in total. The highest BCUT2D eigenvalue weighted by atomic mass is 32.1. The van der Waals surface area contributed by atoms with Crippen molar-refractivity contribution >= 4 is 11.3 Å². The van der Waals surface area contributed by atoms with Gasteiger partial charge in [-0.05, 0) is 69.8 Å². The van der Waals surface area contributed by atoms with Crippen LogP contribution in [0.3, 0.4) is 0 Å². The number of benzene rings is 4. The Labute approximate surface area is 206 Å². The first kappa shape index (κ1) is 22.9. The molecule has 0 spiro atoms. The van der Waals surface area contributed by atoms with Gasteiger partial charge in [-0.2, -0.15) is 13.2 Å². The van der Waals surface area contributed by atoms with E-state index in [-0.39, 0.29) is 0 Å². The fraction of sp³-hybridized carbons (Fsp3) is 0.0667. The van der Waals surface area contributed by atoms with E-state index in [1.807, 2.05) is 36.4 Å². The third kappa shape index (κ3) is 5.00. The second-order valence-corrected chi connectivity index (χ2v) is 9.21. The number of halogens is 3. The molecule has 4 aromatic carbocycles. The van der Waals surface area contributed by atoms with Gasteiger partial charge in [-0.1, -0.05) is 72.8 Å². The molecule has 0 amide bonds. The summed E-state index contributed by atoms with van der Waals surface area (Å²) in [6.45, 7) is 0. The van der Waals surface area contributed by atoms with Gasteiger partial charge in [0.2, 0.25) is 0 Å². The maximum absolute atomic E-state index is 12.8. The predicted molar refractivity (Wildman–Crippen MR) is 138 cm³/mol. The van der Waals surface area contributed by atoms with Gasteiger partial charge in [-0.25, -0.2) is 0 Å². The Morgan fingerprint density at radius 2 is 0.829 bits per heavy atom.